The summed E-state index contributed by atoms with van der Waals surface area (Å²) in [7, 11) is 1.17. The molecule has 2 rings (SSSR count). The number of nitrogens with zero attached hydrogens (tertiary/aromatic N) is 1. The molecule has 0 saturated carbocycles. The highest BCUT2D eigenvalue weighted by Gasteiger charge is 2.31. The van der Waals surface area contributed by atoms with Gasteiger partial charge in [-0.3, -0.25) is 4.79 Å². The number of carbonyl (C=O) groups excluding carboxylic acids is 2. The maximum absolute atomic E-state index is 14.3. The average molecular weight is 348 g/mol. The standard InChI is InChI=1S/C12H11BrFNO3S/c1-18-12(17)8-2-6(13)3-9(11(8)14)15-5-7(19)4-10(15)16/h2-3,7,19H,4-5H2,1H3. The molecule has 1 aromatic rings. The zero-order valence-corrected chi connectivity index (χ0v) is 12.5. The van der Waals surface area contributed by atoms with Crippen molar-refractivity contribution in [2.45, 2.75) is 11.7 Å². The van der Waals surface area contributed by atoms with Crippen LogP contribution in [0.15, 0.2) is 16.6 Å². The van der Waals surface area contributed by atoms with Crippen LogP contribution < -0.4 is 4.90 Å². The summed E-state index contributed by atoms with van der Waals surface area (Å²) in [5.41, 5.74) is -0.140. The van der Waals surface area contributed by atoms with Gasteiger partial charge < -0.3 is 9.64 Å². The number of hydrogen-bond donors (Lipinski definition) is 1. The van der Waals surface area contributed by atoms with Crippen molar-refractivity contribution in [2.75, 3.05) is 18.6 Å². The zero-order valence-electron chi connectivity index (χ0n) is 10.0. The number of anilines is 1. The Labute approximate surface area is 123 Å². The molecule has 102 valence electrons. The van der Waals surface area contributed by atoms with Crippen molar-refractivity contribution in [1.82, 2.24) is 0 Å². The molecule has 1 aromatic carbocycles. The third-order valence-electron chi connectivity index (χ3n) is 2.82. The minimum atomic E-state index is -0.783. The molecular weight excluding hydrogens is 337 g/mol. The largest absolute Gasteiger partial charge is 0.465 e. The van der Waals surface area contributed by atoms with Gasteiger partial charge in [-0.05, 0) is 12.1 Å². The first kappa shape index (κ1) is 14.3. The Morgan fingerprint density at radius 1 is 1.58 bits per heavy atom. The first-order valence-corrected chi connectivity index (χ1v) is 6.80. The maximum atomic E-state index is 14.3. The average Bonchev–Trinajstić information content (AvgIpc) is 2.70. The fraction of sp³-hybridized carbons (Fsp3) is 0.333. The molecule has 1 fully saturated rings. The second-order valence-corrected chi connectivity index (χ2v) is 5.79. The predicted octanol–water partition coefficient (Wildman–Crippen LogP) is 2.41. The minimum absolute atomic E-state index is 0.0660. The lowest BCUT2D eigenvalue weighted by atomic mass is 10.1. The molecule has 0 aromatic heterocycles. The molecule has 1 aliphatic rings. The van der Waals surface area contributed by atoms with Crippen LogP contribution in [0.25, 0.3) is 0 Å². The van der Waals surface area contributed by atoms with Crippen LogP contribution in [0.1, 0.15) is 16.8 Å². The number of esters is 1. The SMILES string of the molecule is COC(=O)c1cc(Br)cc(N2CC(S)CC2=O)c1F. The molecule has 0 aliphatic carbocycles. The van der Waals surface area contributed by atoms with E-state index in [-0.39, 0.29) is 28.8 Å². The number of rotatable bonds is 2. The van der Waals surface area contributed by atoms with E-state index in [1.807, 2.05) is 0 Å². The Morgan fingerprint density at radius 3 is 2.79 bits per heavy atom. The normalized spacial score (nSPS) is 18.8. The lowest BCUT2D eigenvalue weighted by Crippen LogP contribution is -2.26. The van der Waals surface area contributed by atoms with E-state index in [0.717, 1.165) is 0 Å². The molecule has 19 heavy (non-hydrogen) atoms. The van der Waals surface area contributed by atoms with E-state index in [1.165, 1.54) is 24.1 Å². The summed E-state index contributed by atoms with van der Waals surface area (Å²) in [6.07, 6.45) is 0.253. The number of halogens is 2. The molecule has 1 unspecified atom stereocenters. The fourth-order valence-electron chi connectivity index (χ4n) is 1.95. The summed E-state index contributed by atoms with van der Waals surface area (Å²) in [4.78, 5) is 24.6. The summed E-state index contributed by atoms with van der Waals surface area (Å²) in [5.74, 6) is -1.76. The van der Waals surface area contributed by atoms with Gasteiger partial charge in [0.05, 0.1) is 18.4 Å². The van der Waals surface area contributed by atoms with Gasteiger partial charge in [0.2, 0.25) is 5.91 Å². The monoisotopic (exact) mass is 347 g/mol. The van der Waals surface area contributed by atoms with Crippen LogP contribution in [-0.2, 0) is 9.53 Å². The predicted molar refractivity (Wildman–Crippen MR) is 75.2 cm³/mol. The van der Waals surface area contributed by atoms with E-state index in [1.54, 1.807) is 0 Å². The topological polar surface area (TPSA) is 46.6 Å². The van der Waals surface area contributed by atoms with Crippen LogP contribution in [0.4, 0.5) is 10.1 Å². The van der Waals surface area contributed by atoms with Gasteiger partial charge in [0.1, 0.15) is 0 Å². The molecule has 0 N–H and O–H groups in total. The Hall–Kier alpha value is -1.08. The van der Waals surface area contributed by atoms with Crippen LogP contribution in [0.5, 0.6) is 0 Å². The lowest BCUT2D eigenvalue weighted by Gasteiger charge is -2.18. The van der Waals surface area contributed by atoms with Crippen molar-refractivity contribution < 1.29 is 18.7 Å². The smallest absolute Gasteiger partial charge is 0.340 e. The number of methoxy groups -OCH3 is 1. The van der Waals surface area contributed by atoms with Crippen molar-refractivity contribution in [3.8, 4) is 0 Å². The Bertz CT molecular complexity index is 552. The van der Waals surface area contributed by atoms with Crippen LogP contribution in [0.3, 0.4) is 0 Å². The van der Waals surface area contributed by atoms with Crippen molar-refractivity contribution in [3.05, 3.63) is 28.0 Å². The van der Waals surface area contributed by atoms with Crippen molar-refractivity contribution in [3.63, 3.8) is 0 Å². The Balaban J connectivity index is 2.49. The Kier molecular flexibility index (Phi) is 4.15. The van der Waals surface area contributed by atoms with Crippen molar-refractivity contribution in [2.24, 2.45) is 0 Å². The molecule has 1 atom stereocenters. The van der Waals surface area contributed by atoms with Gasteiger partial charge in [-0.25, -0.2) is 9.18 Å². The number of ether oxygens (including phenoxy) is 1. The summed E-state index contributed by atoms with van der Waals surface area (Å²) in [5, 5.41) is -0.132. The van der Waals surface area contributed by atoms with Crippen LogP contribution in [0.2, 0.25) is 0 Å². The number of benzene rings is 1. The summed E-state index contributed by atoms with van der Waals surface area (Å²) in [6, 6.07) is 2.79. The van der Waals surface area contributed by atoms with Gasteiger partial charge in [-0.1, -0.05) is 15.9 Å². The van der Waals surface area contributed by atoms with Crippen LogP contribution in [-0.4, -0.2) is 30.8 Å². The fourth-order valence-corrected chi connectivity index (χ4v) is 2.72. The highest BCUT2D eigenvalue weighted by Crippen LogP contribution is 2.31. The van der Waals surface area contributed by atoms with Gasteiger partial charge in [0.15, 0.2) is 5.82 Å². The first-order chi connectivity index (χ1) is 8.93. The molecule has 0 bridgehead atoms. The van der Waals surface area contributed by atoms with E-state index in [9.17, 15) is 14.0 Å². The maximum Gasteiger partial charge on any atom is 0.340 e. The minimum Gasteiger partial charge on any atom is -0.465 e. The second kappa shape index (κ2) is 5.50. The second-order valence-electron chi connectivity index (χ2n) is 4.14. The van der Waals surface area contributed by atoms with E-state index in [0.29, 0.717) is 11.0 Å². The van der Waals surface area contributed by atoms with Crippen molar-refractivity contribution in [1.29, 1.82) is 0 Å². The third-order valence-corrected chi connectivity index (χ3v) is 3.62. The quantitative estimate of drug-likeness (QED) is 0.660. The zero-order chi connectivity index (χ0) is 14.2. The van der Waals surface area contributed by atoms with Gasteiger partial charge in [0, 0.05) is 22.7 Å². The molecule has 1 aliphatic heterocycles. The lowest BCUT2D eigenvalue weighted by molar-refractivity contribution is -0.117. The summed E-state index contributed by atoms with van der Waals surface area (Å²) < 4.78 is 19.3. The van der Waals surface area contributed by atoms with Crippen LogP contribution >= 0.6 is 28.6 Å². The van der Waals surface area contributed by atoms with Gasteiger partial charge in [-0.2, -0.15) is 12.6 Å². The number of thiol groups is 1. The number of carbonyl (C=O) groups is 2. The molecule has 1 saturated heterocycles. The Morgan fingerprint density at radius 2 is 2.26 bits per heavy atom. The van der Waals surface area contributed by atoms with Gasteiger partial charge in [-0.15, -0.1) is 0 Å². The van der Waals surface area contributed by atoms with E-state index >= 15 is 0 Å². The molecule has 4 nitrogen and oxygen atoms in total. The molecule has 0 spiro atoms. The molecule has 1 heterocycles. The van der Waals surface area contributed by atoms with E-state index < -0.39 is 11.8 Å². The number of hydrogen-bond acceptors (Lipinski definition) is 4. The third kappa shape index (κ3) is 2.76. The molecule has 1 amide bonds. The molecule has 7 heteroatoms. The highest BCUT2D eigenvalue weighted by atomic mass is 79.9. The summed E-state index contributed by atoms with van der Waals surface area (Å²) >= 11 is 7.41. The molecule has 0 radical (unpaired) electrons. The van der Waals surface area contributed by atoms with Gasteiger partial charge in [0.25, 0.3) is 0 Å². The number of amides is 1. The van der Waals surface area contributed by atoms with Gasteiger partial charge >= 0.3 is 5.97 Å². The van der Waals surface area contributed by atoms with Crippen LogP contribution in [0, 0.1) is 5.82 Å². The van der Waals surface area contributed by atoms with Crippen molar-refractivity contribution >= 4 is 46.1 Å². The summed E-state index contributed by atoms with van der Waals surface area (Å²) in [6.45, 7) is 0.315. The van der Waals surface area contributed by atoms with E-state index in [4.69, 9.17) is 0 Å². The highest BCUT2D eigenvalue weighted by molar-refractivity contribution is 9.10. The molecular formula is C12H11BrFNO3S. The van der Waals surface area contributed by atoms with E-state index in [2.05, 4.69) is 33.3 Å². The first-order valence-electron chi connectivity index (χ1n) is 5.49.